The maximum absolute atomic E-state index is 11.8. The number of aromatic hydroxyl groups is 1. The molecule has 1 fully saturated rings. The molecular weight excluding hydrogens is 246 g/mol. The lowest BCUT2D eigenvalue weighted by Crippen LogP contribution is -2.50. The van der Waals surface area contributed by atoms with E-state index in [1.54, 1.807) is 45.2 Å². The van der Waals surface area contributed by atoms with E-state index in [9.17, 15) is 15.0 Å². The molecule has 0 bridgehead atoms. The molecule has 0 spiro atoms. The average molecular weight is 265 g/mol. The van der Waals surface area contributed by atoms with Crippen LogP contribution >= 0.6 is 0 Å². The minimum Gasteiger partial charge on any atom is -0.508 e. The van der Waals surface area contributed by atoms with Crippen LogP contribution in [0.5, 0.6) is 5.75 Å². The summed E-state index contributed by atoms with van der Waals surface area (Å²) < 4.78 is 5.21. The lowest BCUT2D eigenvalue weighted by Gasteiger charge is -2.43. The van der Waals surface area contributed by atoms with E-state index in [0.717, 1.165) is 0 Å². The number of cyclic esters (lactones) is 1. The van der Waals surface area contributed by atoms with Crippen molar-refractivity contribution in [2.24, 2.45) is 5.92 Å². The first-order valence-corrected chi connectivity index (χ1v) is 6.33. The van der Waals surface area contributed by atoms with E-state index in [1.807, 2.05) is 0 Å². The number of phenols is 1. The number of rotatable bonds is 2. The Morgan fingerprint density at radius 3 is 2.58 bits per heavy atom. The number of carbonyl (C=O) groups is 1. The fourth-order valence-electron chi connectivity index (χ4n) is 2.76. The fourth-order valence-corrected chi connectivity index (χ4v) is 2.76. The largest absolute Gasteiger partial charge is 0.508 e. The predicted molar refractivity (Wildman–Crippen MR) is 69.7 cm³/mol. The van der Waals surface area contributed by atoms with Crippen LogP contribution in [-0.2, 0) is 4.74 Å². The number of aliphatic hydroxyl groups is 1. The topological polar surface area (TPSA) is 70.0 Å². The van der Waals surface area contributed by atoms with Gasteiger partial charge in [0.2, 0.25) is 0 Å². The molecule has 1 amide bonds. The van der Waals surface area contributed by atoms with Crippen LogP contribution in [0.4, 0.5) is 4.79 Å². The van der Waals surface area contributed by atoms with Crippen molar-refractivity contribution in [1.29, 1.82) is 0 Å². The number of hydrogen-bond acceptors (Lipinski definition) is 4. The summed E-state index contributed by atoms with van der Waals surface area (Å²) in [6.45, 7) is 3.43. The monoisotopic (exact) mass is 265 g/mol. The highest BCUT2D eigenvalue weighted by Crippen LogP contribution is 2.40. The van der Waals surface area contributed by atoms with E-state index in [1.165, 1.54) is 4.90 Å². The SMILES string of the molecule is CC(O)C1C(C)OC(=O)N(C)C1c1ccccc1O. The van der Waals surface area contributed by atoms with Gasteiger partial charge >= 0.3 is 6.09 Å². The first-order chi connectivity index (χ1) is 8.93. The van der Waals surface area contributed by atoms with Crippen molar-refractivity contribution in [1.82, 2.24) is 4.90 Å². The molecule has 0 aliphatic carbocycles. The zero-order valence-corrected chi connectivity index (χ0v) is 11.3. The smallest absolute Gasteiger partial charge is 0.410 e. The summed E-state index contributed by atoms with van der Waals surface area (Å²) in [7, 11) is 1.61. The van der Waals surface area contributed by atoms with Crippen LogP contribution in [0.2, 0.25) is 0 Å². The highest BCUT2D eigenvalue weighted by molar-refractivity contribution is 5.69. The third-order valence-electron chi connectivity index (χ3n) is 3.71. The molecule has 1 aromatic rings. The van der Waals surface area contributed by atoms with Crippen LogP contribution in [-0.4, -0.2) is 40.5 Å². The second-order valence-corrected chi connectivity index (χ2v) is 5.02. The van der Waals surface area contributed by atoms with Crippen molar-refractivity contribution in [2.45, 2.75) is 32.1 Å². The summed E-state index contributed by atoms with van der Waals surface area (Å²) >= 11 is 0. The number of phenolic OH excluding ortho intramolecular Hbond substituents is 1. The third kappa shape index (κ3) is 2.38. The zero-order chi connectivity index (χ0) is 14.2. The molecule has 1 aliphatic heterocycles. The summed E-state index contributed by atoms with van der Waals surface area (Å²) in [5.41, 5.74) is 0.624. The number of ether oxygens (including phenoxy) is 1. The fraction of sp³-hybridized carbons (Fsp3) is 0.500. The Morgan fingerprint density at radius 2 is 2.00 bits per heavy atom. The highest BCUT2D eigenvalue weighted by Gasteiger charge is 2.44. The third-order valence-corrected chi connectivity index (χ3v) is 3.71. The molecule has 0 saturated carbocycles. The van der Waals surface area contributed by atoms with E-state index >= 15 is 0 Å². The van der Waals surface area contributed by atoms with Gasteiger partial charge < -0.3 is 19.8 Å². The predicted octanol–water partition coefficient (Wildman–Crippen LogP) is 1.90. The molecule has 4 unspecified atom stereocenters. The standard InChI is InChI=1S/C14H19NO4/c1-8(16)12-9(2)19-14(18)15(3)13(12)10-6-4-5-7-11(10)17/h4-9,12-13,16-17H,1-3H3. The van der Waals surface area contributed by atoms with Gasteiger partial charge in [-0.2, -0.15) is 0 Å². The maximum atomic E-state index is 11.8. The van der Waals surface area contributed by atoms with Crippen molar-refractivity contribution >= 4 is 6.09 Å². The van der Waals surface area contributed by atoms with Crippen LogP contribution in [0, 0.1) is 5.92 Å². The summed E-state index contributed by atoms with van der Waals surface area (Å²) in [6, 6.07) is 6.45. The molecule has 0 aromatic heterocycles. The first kappa shape index (κ1) is 13.7. The van der Waals surface area contributed by atoms with Crippen molar-refractivity contribution in [3.63, 3.8) is 0 Å². The van der Waals surface area contributed by atoms with Gasteiger partial charge in [0.15, 0.2) is 0 Å². The molecule has 5 nitrogen and oxygen atoms in total. The number of para-hydroxylation sites is 1. The Labute approximate surface area is 112 Å². The maximum Gasteiger partial charge on any atom is 0.410 e. The molecule has 1 aromatic carbocycles. The average Bonchev–Trinajstić information content (AvgIpc) is 2.34. The Hall–Kier alpha value is -1.75. The van der Waals surface area contributed by atoms with Crippen molar-refractivity contribution in [2.75, 3.05) is 7.05 Å². The van der Waals surface area contributed by atoms with Gasteiger partial charge in [-0.1, -0.05) is 18.2 Å². The molecule has 1 heterocycles. The highest BCUT2D eigenvalue weighted by atomic mass is 16.6. The molecule has 4 atom stereocenters. The molecule has 1 saturated heterocycles. The van der Waals surface area contributed by atoms with Gasteiger partial charge in [-0.3, -0.25) is 0 Å². The van der Waals surface area contributed by atoms with Gasteiger partial charge in [-0.25, -0.2) is 4.79 Å². The summed E-state index contributed by atoms with van der Waals surface area (Å²) in [5.74, 6) is -0.178. The van der Waals surface area contributed by atoms with Gasteiger partial charge in [0.05, 0.1) is 12.1 Å². The normalized spacial score (nSPS) is 28.9. The van der Waals surface area contributed by atoms with Crippen LogP contribution in [0.3, 0.4) is 0 Å². The number of hydrogen-bond donors (Lipinski definition) is 2. The lowest BCUT2D eigenvalue weighted by atomic mass is 9.83. The minimum absolute atomic E-state index is 0.118. The molecule has 1 aliphatic rings. The van der Waals surface area contributed by atoms with E-state index in [0.29, 0.717) is 5.56 Å². The molecular formula is C14H19NO4. The molecule has 0 radical (unpaired) electrons. The Morgan fingerprint density at radius 1 is 1.37 bits per heavy atom. The quantitative estimate of drug-likeness (QED) is 0.857. The lowest BCUT2D eigenvalue weighted by molar-refractivity contribution is -0.0703. The van der Waals surface area contributed by atoms with Crippen molar-refractivity contribution in [3.05, 3.63) is 29.8 Å². The second kappa shape index (κ2) is 5.09. The number of aliphatic hydroxyl groups excluding tert-OH is 1. The van der Waals surface area contributed by atoms with E-state index < -0.39 is 24.3 Å². The van der Waals surface area contributed by atoms with E-state index in [2.05, 4.69) is 0 Å². The number of amides is 1. The molecule has 104 valence electrons. The minimum atomic E-state index is -0.657. The molecule has 19 heavy (non-hydrogen) atoms. The second-order valence-electron chi connectivity index (χ2n) is 5.02. The Bertz CT molecular complexity index is 474. The van der Waals surface area contributed by atoms with Gasteiger partial charge in [-0.15, -0.1) is 0 Å². The van der Waals surface area contributed by atoms with Crippen molar-refractivity contribution in [3.8, 4) is 5.75 Å². The van der Waals surface area contributed by atoms with Gasteiger partial charge in [0.1, 0.15) is 11.9 Å². The zero-order valence-electron chi connectivity index (χ0n) is 11.3. The van der Waals surface area contributed by atoms with E-state index in [-0.39, 0.29) is 11.7 Å². The van der Waals surface area contributed by atoms with Crippen molar-refractivity contribution < 1.29 is 19.7 Å². The number of nitrogens with zero attached hydrogens (tertiary/aromatic N) is 1. The summed E-state index contributed by atoms with van der Waals surface area (Å²) in [6.07, 6.45) is -1.51. The summed E-state index contributed by atoms with van der Waals surface area (Å²) in [5, 5.41) is 20.0. The molecule has 5 heteroatoms. The molecule has 2 N–H and O–H groups in total. The van der Waals surface area contributed by atoms with Gasteiger partial charge in [0, 0.05) is 18.5 Å². The van der Waals surface area contributed by atoms with Crippen LogP contribution in [0.1, 0.15) is 25.5 Å². The molecule has 2 rings (SSSR count). The number of carbonyl (C=O) groups excluding carboxylic acids is 1. The Kier molecular flexibility index (Phi) is 3.66. The number of benzene rings is 1. The van der Waals surface area contributed by atoms with Crippen LogP contribution < -0.4 is 0 Å². The van der Waals surface area contributed by atoms with Crippen LogP contribution in [0.15, 0.2) is 24.3 Å². The van der Waals surface area contributed by atoms with Crippen LogP contribution in [0.25, 0.3) is 0 Å². The summed E-state index contributed by atoms with van der Waals surface area (Å²) in [4.78, 5) is 13.2. The Balaban J connectivity index is 2.47. The van der Waals surface area contributed by atoms with Gasteiger partial charge in [-0.05, 0) is 19.9 Å². The van der Waals surface area contributed by atoms with E-state index in [4.69, 9.17) is 4.74 Å². The first-order valence-electron chi connectivity index (χ1n) is 6.33. The van der Waals surface area contributed by atoms with Gasteiger partial charge in [0.25, 0.3) is 0 Å².